The maximum absolute atomic E-state index is 13.6. The van der Waals surface area contributed by atoms with Gasteiger partial charge in [0.1, 0.15) is 12.0 Å². The van der Waals surface area contributed by atoms with Crippen LogP contribution in [0.3, 0.4) is 0 Å². The predicted molar refractivity (Wildman–Crippen MR) is 70.0 cm³/mol. The summed E-state index contributed by atoms with van der Waals surface area (Å²) in [5.74, 6) is -2.00. The molecule has 0 aromatic heterocycles. The van der Waals surface area contributed by atoms with E-state index in [1.54, 1.807) is 36.0 Å². The zero-order chi connectivity index (χ0) is 13.8. The SMILES string of the molecule is CSc1ccc(Oc2c(F)cc(C=O)cc2F)cc1. The highest BCUT2D eigenvalue weighted by molar-refractivity contribution is 7.98. The number of carbonyl (C=O) groups is 1. The van der Waals surface area contributed by atoms with Crippen molar-refractivity contribution in [3.63, 3.8) is 0 Å². The van der Waals surface area contributed by atoms with Crippen LogP contribution in [0, 0.1) is 11.6 Å². The van der Waals surface area contributed by atoms with Crippen molar-refractivity contribution >= 4 is 18.0 Å². The highest BCUT2D eigenvalue weighted by Crippen LogP contribution is 2.29. The Morgan fingerprint density at radius 1 is 1.11 bits per heavy atom. The molecule has 2 nitrogen and oxygen atoms in total. The summed E-state index contributed by atoms with van der Waals surface area (Å²) in [6.07, 6.45) is 2.30. The first kappa shape index (κ1) is 13.5. The zero-order valence-electron chi connectivity index (χ0n) is 10.0. The molecule has 0 amide bonds. The molecule has 0 saturated carbocycles. The van der Waals surface area contributed by atoms with Gasteiger partial charge in [0.2, 0.25) is 0 Å². The zero-order valence-corrected chi connectivity index (χ0v) is 10.8. The third-order valence-corrected chi connectivity index (χ3v) is 3.18. The lowest BCUT2D eigenvalue weighted by atomic mass is 10.2. The standard InChI is InChI=1S/C14H10F2O2S/c1-19-11-4-2-10(3-5-11)18-14-12(15)6-9(8-17)7-13(14)16/h2-8H,1H3. The molecule has 0 saturated heterocycles. The molecule has 98 valence electrons. The van der Waals surface area contributed by atoms with Gasteiger partial charge in [-0.15, -0.1) is 11.8 Å². The fourth-order valence-electron chi connectivity index (χ4n) is 1.51. The Balaban J connectivity index is 2.29. The van der Waals surface area contributed by atoms with E-state index in [-0.39, 0.29) is 5.56 Å². The molecular formula is C14H10F2O2S. The molecule has 0 unspecified atom stereocenters. The average Bonchev–Trinajstić information content (AvgIpc) is 2.43. The van der Waals surface area contributed by atoms with Crippen LogP contribution in [-0.4, -0.2) is 12.5 Å². The third kappa shape index (κ3) is 3.12. The number of thioether (sulfide) groups is 1. The van der Waals surface area contributed by atoms with E-state index in [2.05, 4.69) is 0 Å². The molecule has 0 aliphatic heterocycles. The molecule has 19 heavy (non-hydrogen) atoms. The summed E-state index contributed by atoms with van der Waals surface area (Å²) in [5, 5.41) is 0. The van der Waals surface area contributed by atoms with Gasteiger partial charge in [0, 0.05) is 10.5 Å². The Morgan fingerprint density at radius 3 is 2.16 bits per heavy atom. The lowest BCUT2D eigenvalue weighted by molar-refractivity contribution is 0.112. The first-order valence-corrected chi connectivity index (χ1v) is 6.62. The summed E-state index contributed by atoms with van der Waals surface area (Å²) in [6.45, 7) is 0. The smallest absolute Gasteiger partial charge is 0.198 e. The maximum atomic E-state index is 13.6. The van der Waals surface area contributed by atoms with Gasteiger partial charge in [-0.25, -0.2) is 8.78 Å². The Bertz CT molecular complexity index is 574. The van der Waals surface area contributed by atoms with E-state index in [1.807, 2.05) is 6.26 Å². The second-order valence-electron chi connectivity index (χ2n) is 3.71. The molecule has 2 aromatic carbocycles. The summed E-state index contributed by atoms with van der Waals surface area (Å²) in [4.78, 5) is 11.5. The molecule has 0 aliphatic carbocycles. The van der Waals surface area contributed by atoms with Crippen LogP contribution in [0.5, 0.6) is 11.5 Å². The summed E-state index contributed by atoms with van der Waals surface area (Å²) in [6, 6.07) is 8.69. The van der Waals surface area contributed by atoms with E-state index >= 15 is 0 Å². The van der Waals surface area contributed by atoms with Crippen molar-refractivity contribution in [2.45, 2.75) is 4.90 Å². The lowest BCUT2D eigenvalue weighted by Gasteiger charge is -2.08. The number of hydrogen-bond donors (Lipinski definition) is 0. The second-order valence-corrected chi connectivity index (χ2v) is 4.59. The molecule has 0 radical (unpaired) electrons. The Kier molecular flexibility index (Phi) is 4.16. The fourth-order valence-corrected chi connectivity index (χ4v) is 1.91. The van der Waals surface area contributed by atoms with Gasteiger partial charge in [0.25, 0.3) is 0 Å². The predicted octanol–water partition coefficient (Wildman–Crippen LogP) is 4.29. The van der Waals surface area contributed by atoms with Crippen molar-refractivity contribution in [2.24, 2.45) is 0 Å². The first-order chi connectivity index (χ1) is 9.13. The van der Waals surface area contributed by atoms with Crippen molar-refractivity contribution in [1.29, 1.82) is 0 Å². The average molecular weight is 280 g/mol. The summed E-state index contributed by atoms with van der Waals surface area (Å²) < 4.78 is 32.4. The number of benzene rings is 2. The number of carbonyl (C=O) groups excluding carboxylic acids is 1. The van der Waals surface area contributed by atoms with Crippen LogP contribution >= 0.6 is 11.8 Å². The van der Waals surface area contributed by atoms with Gasteiger partial charge in [0.15, 0.2) is 17.4 Å². The molecule has 0 aliphatic rings. The minimum absolute atomic E-state index is 0.0694. The van der Waals surface area contributed by atoms with Crippen molar-refractivity contribution in [3.05, 3.63) is 53.6 Å². The van der Waals surface area contributed by atoms with Gasteiger partial charge in [-0.1, -0.05) is 0 Å². The number of halogens is 2. The molecular weight excluding hydrogens is 270 g/mol. The van der Waals surface area contributed by atoms with Crippen LogP contribution < -0.4 is 4.74 Å². The molecule has 0 bridgehead atoms. The number of aldehydes is 1. The first-order valence-electron chi connectivity index (χ1n) is 5.40. The normalized spacial score (nSPS) is 10.3. The summed E-state index contributed by atoms with van der Waals surface area (Å²) in [7, 11) is 0. The van der Waals surface area contributed by atoms with Crippen molar-refractivity contribution in [1.82, 2.24) is 0 Å². The Labute approximate surface area is 113 Å². The van der Waals surface area contributed by atoms with E-state index in [9.17, 15) is 13.6 Å². The van der Waals surface area contributed by atoms with Gasteiger partial charge >= 0.3 is 0 Å². The van der Waals surface area contributed by atoms with Gasteiger partial charge in [0.05, 0.1) is 0 Å². The molecule has 5 heteroatoms. The number of hydrogen-bond acceptors (Lipinski definition) is 3. The second kappa shape index (κ2) is 5.84. The summed E-state index contributed by atoms with van der Waals surface area (Å²) in [5.41, 5.74) is -0.0694. The van der Waals surface area contributed by atoms with Gasteiger partial charge in [-0.3, -0.25) is 4.79 Å². The minimum Gasteiger partial charge on any atom is -0.451 e. The Morgan fingerprint density at radius 2 is 1.68 bits per heavy atom. The highest BCUT2D eigenvalue weighted by atomic mass is 32.2. The summed E-state index contributed by atoms with van der Waals surface area (Å²) >= 11 is 1.55. The van der Waals surface area contributed by atoms with Crippen molar-refractivity contribution < 1.29 is 18.3 Å². The van der Waals surface area contributed by atoms with Crippen LogP contribution in [0.15, 0.2) is 41.3 Å². The molecule has 2 rings (SSSR count). The third-order valence-electron chi connectivity index (χ3n) is 2.44. The van der Waals surface area contributed by atoms with Crippen LogP contribution in [0.25, 0.3) is 0 Å². The van der Waals surface area contributed by atoms with E-state index < -0.39 is 17.4 Å². The monoisotopic (exact) mass is 280 g/mol. The fraction of sp³-hybridized carbons (Fsp3) is 0.0714. The topological polar surface area (TPSA) is 26.3 Å². The molecule has 0 fully saturated rings. The van der Waals surface area contributed by atoms with E-state index in [0.717, 1.165) is 17.0 Å². The van der Waals surface area contributed by atoms with E-state index in [1.165, 1.54) is 0 Å². The van der Waals surface area contributed by atoms with Crippen LogP contribution in [0.4, 0.5) is 8.78 Å². The van der Waals surface area contributed by atoms with Crippen LogP contribution in [0.2, 0.25) is 0 Å². The van der Waals surface area contributed by atoms with Gasteiger partial charge < -0.3 is 4.74 Å². The highest BCUT2D eigenvalue weighted by Gasteiger charge is 2.13. The number of rotatable bonds is 4. The van der Waals surface area contributed by atoms with Gasteiger partial charge in [-0.2, -0.15) is 0 Å². The largest absolute Gasteiger partial charge is 0.451 e. The van der Waals surface area contributed by atoms with Crippen molar-refractivity contribution in [2.75, 3.05) is 6.26 Å². The maximum Gasteiger partial charge on any atom is 0.198 e. The lowest BCUT2D eigenvalue weighted by Crippen LogP contribution is -1.95. The molecule has 0 atom stereocenters. The van der Waals surface area contributed by atoms with Gasteiger partial charge in [-0.05, 0) is 42.7 Å². The molecule has 2 aromatic rings. The van der Waals surface area contributed by atoms with Crippen LogP contribution in [-0.2, 0) is 0 Å². The van der Waals surface area contributed by atoms with Crippen LogP contribution in [0.1, 0.15) is 10.4 Å². The van der Waals surface area contributed by atoms with E-state index in [0.29, 0.717) is 12.0 Å². The quantitative estimate of drug-likeness (QED) is 0.617. The Hall–Kier alpha value is -1.88. The van der Waals surface area contributed by atoms with Crippen molar-refractivity contribution in [3.8, 4) is 11.5 Å². The van der Waals surface area contributed by atoms with E-state index in [4.69, 9.17) is 4.74 Å². The molecule has 0 N–H and O–H groups in total. The molecule has 0 spiro atoms. The molecule has 0 heterocycles. The minimum atomic E-state index is -0.906. The number of ether oxygens (including phenoxy) is 1.